The lowest BCUT2D eigenvalue weighted by molar-refractivity contribution is -0.133. The third kappa shape index (κ3) is 11.9. The van der Waals surface area contributed by atoms with E-state index in [1.54, 1.807) is 34.6 Å². The molecule has 9 nitrogen and oxygen atoms in total. The number of alkyl carbamates (subject to hydrolysis) is 1. The average molecular weight is 581 g/mol. The molecule has 230 valence electrons. The quantitative estimate of drug-likeness (QED) is 0.262. The van der Waals surface area contributed by atoms with Crippen LogP contribution in [0.15, 0.2) is 60.7 Å². The zero-order valence-corrected chi connectivity index (χ0v) is 26.0. The number of benzene rings is 2. The van der Waals surface area contributed by atoms with Gasteiger partial charge in [0.25, 0.3) is 0 Å². The van der Waals surface area contributed by atoms with Gasteiger partial charge in [0.15, 0.2) is 0 Å². The van der Waals surface area contributed by atoms with E-state index in [1.165, 1.54) is 0 Å². The molecular formula is C33H48N4O5. The van der Waals surface area contributed by atoms with Crippen molar-refractivity contribution in [1.82, 2.24) is 21.3 Å². The molecule has 0 fully saturated rings. The molecule has 4 atom stereocenters. The zero-order valence-electron chi connectivity index (χ0n) is 26.0. The first kappa shape index (κ1) is 34.3. The van der Waals surface area contributed by atoms with Gasteiger partial charge >= 0.3 is 6.09 Å². The second-order valence-corrected chi connectivity index (χ2v) is 12.0. The number of nitrogens with one attached hydrogen (secondary N) is 4. The summed E-state index contributed by atoms with van der Waals surface area (Å²) in [5.74, 6) is -1.44. The zero-order chi connectivity index (χ0) is 31.3. The van der Waals surface area contributed by atoms with Crippen molar-refractivity contribution in [2.45, 2.75) is 97.4 Å². The molecule has 2 rings (SSSR count). The molecule has 0 aromatic heterocycles. The highest BCUT2D eigenvalue weighted by molar-refractivity contribution is 5.94. The Labute approximate surface area is 250 Å². The summed E-state index contributed by atoms with van der Waals surface area (Å²) in [6, 6.07) is 16.5. The van der Waals surface area contributed by atoms with Gasteiger partial charge in [-0.15, -0.1) is 0 Å². The molecule has 0 saturated heterocycles. The molecule has 4 N–H and O–H groups in total. The van der Waals surface area contributed by atoms with E-state index in [0.29, 0.717) is 19.4 Å². The minimum atomic E-state index is -0.975. The first-order valence-electron chi connectivity index (χ1n) is 14.8. The van der Waals surface area contributed by atoms with Crippen molar-refractivity contribution in [3.63, 3.8) is 0 Å². The standard InChI is InChI=1S/C33H48N4O5/c1-8-15-26(29(38)34-21-23(4)25-18-13-10-14-19-25)35-30(39)27(20-24-16-11-9-12-17-24)36-31(40)28(22(2)3)37-32(41)42-33(5,6)7/h9-14,16-19,22-23,26-28H,8,15,20-21H2,1-7H3,(H,34,38)(H,35,39)(H,36,40)(H,37,41)/t23-,26-,27-,28-/m0/s1. The number of ether oxygens (including phenoxy) is 1. The maximum absolute atomic E-state index is 13.6. The summed E-state index contributed by atoms with van der Waals surface area (Å²) in [5.41, 5.74) is 1.22. The van der Waals surface area contributed by atoms with Crippen LogP contribution in [0.4, 0.5) is 4.79 Å². The maximum Gasteiger partial charge on any atom is 0.408 e. The number of amides is 4. The molecule has 0 aliphatic carbocycles. The Morgan fingerprint density at radius 2 is 1.33 bits per heavy atom. The van der Waals surface area contributed by atoms with Crippen molar-refractivity contribution in [2.75, 3.05) is 6.54 Å². The van der Waals surface area contributed by atoms with Crippen molar-refractivity contribution in [3.05, 3.63) is 71.8 Å². The lowest BCUT2D eigenvalue weighted by atomic mass is 10.00. The van der Waals surface area contributed by atoms with E-state index in [2.05, 4.69) is 21.3 Å². The Morgan fingerprint density at radius 3 is 1.88 bits per heavy atom. The molecule has 2 aromatic rings. The molecule has 0 heterocycles. The van der Waals surface area contributed by atoms with Crippen molar-refractivity contribution >= 4 is 23.8 Å². The Morgan fingerprint density at radius 1 is 0.762 bits per heavy atom. The average Bonchev–Trinajstić information content (AvgIpc) is 2.93. The smallest absolute Gasteiger partial charge is 0.408 e. The third-order valence-electron chi connectivity index (χ3n) is 6.70. The highest BCUT2D eigenvalue weighted by Crippen LogP contribution is 2.14. The molecule has 0 saturated carbocycles. The van der Waals surface area contributed by atoms with Crippen molar-refractivity contribution in [2.24, 2.45) is 5.92 Å². The van der Waals surface area contributed by atoms with Crippen LogP contribution in [0.25, 0.3) is 0 Å². The molecule has 2 aromatic carbocycles. The summed E-state index contributed by atoms with van der Waals surface area (Å²) in [6.07, 6.45) is 0.612. The normalized spacial score (nSPS) is 14.2. The molecular weight excluding hydrogens is 532 g/mol. The van der Waals surface area contributed by atoms with Gasteiger partial charge in [0.05, 0.1) is 0 Å². The largest absolute Gasteiger partial charge is 0.444 e. The van der Waals surface area contributed by atoms with Gasteiger partial charge in [0.2, 0.25) is 17.7 Å². The lowest BCUT2D eigenvalue weighted by Gasteiger charge is -2.28. The lowest BCUT2D eigenvalue weighted by Crippen LogP contribution is -2.58. The summed E-state index contributed by atoms with van der Waals surface area (Å²) in [4.78, 5) is 52.6. The highest BCUT2D eigenvalue weighted by atomic mass is 16.6. The van der Waals surface area contributed by atoms with Crippen LogP contribution in [0.2, 0.25) is 0 Å². The van der Waals surface area contributed by atoms with Crippen LogP contribution in [0.1, 0.15) is 78.4 Å². The van der Waals surface area contributed by atoms with Crippen molar-refractivity contribution in [1.29, 1.82) is 0 Å². The molecule has 0 bridgehead atoms. The van der Waals surface area contributed by atoms with Crippen molar-refractivity contribution < 1.29 is 23.9 Å². The van der Waals surface area contributed by atoms with Gasteiger partial charge in [-0.05, 0) is 50.2 Å². The Bertz CT molecular complexity index is 1150. The highest BCUT2D eigenvalue weighted by Gasteiger charge is 2.32. The van der Waals surface area contributed by atoms with E-state index in [0.717, 1.165) is 11.1 Å². The summed E-state index contributed by atoms with van der Waals surface area (Å²) < 4.78 is 5.34. The Kier molecular flexibility index (Phi) is 13.5. The van der Waals surface area contributed by atoms with E-state index in [4.69, 9.17) is 4.74 Å². The third-order valence-corrected chi connectivity index (χ3v) is 6.70. The number of hydrogen-bond acceptors (Lipinski definition) is 5. The molecule has 0 spiro atoms. The SMILES string of the molecule is CCC[C@H](NC(=O)[C@H](Cc1ccccc1)NC(=O)[C@@H](NC(=O)OC(C)(C)C)C(C)C)C(=O)NC[C@H](C)c1ccccc1. The Balaban J connectivity index is 2.17. The van der Waals surface area contributed by atoms with Crippen LogP contribution in [0.3, 0.4) is 0 Å². The van der Waals surface area contributed by atoms with Gasteiger partial charge in [-0.1, -0.05) is 94.8 Å². The fourth-order valence-corrected chi connectivity index (χ4v) is 4.40. The number of carbonyl (C=O) groups excluding carboxylic acids is 4. The second-order valence-electron chi connectivity index (χ2n) is 12.0. The maximum atomic E-state index is 13.6. The van der Waals surface area contributed by atoms with E-state index in [1.807, 2.05) is 74.5 Å². The van der Waals surface area contributed by atoms with E-state index < -0.39 is 41.6 Å². The fourth-order valence-electron chi connectivity index (χ4n) is 4.40. The van der Waals surface area contributed by atoms with E-state index in [9.17, 15) is 19.2 Å². The number of rotatable bonds is 14. The Hall–Kier alpha value is -3.88. The minimum Gasteiger partial charge on any atom is -0.444 e. The fraction of sp³-hybridized carbons (Fsp3) is 0.515. The van der Waals surface area contributed by atoms with Crippen LogP contribution < -0.4 is 21.3 Å². The van der Waals surface area contributed by atoms with Crippen molar-refractivity contribution in [3.8, 4) is 0 Å². The number of hydrogen-bond donors (Lipinski definition) is 4. The minimum absolute atomic E-state index is 0.101. The molecule has 0 radical (unpaired) electrons. The van der Waals surface area contributed by atoms with Crippen LogP contribution in [0.5, 0.6) is 0 Å². The molecule has 42 heavy (non-hydrogen) atoms. The summed E-state index contributed by atoms with van der Waals surface area (Å²) in [7, 11) is 0. The first-order chi connectivity index (χ1) is 19.8. The predicted octanol–water partition coefficient (Wildman–Crippen LogP) is 4.47. The molecule has 0 aliphatic rings. The summed E-state index contributed by atoms with van der Waals surface area (Å²) in [5, 5.41) is 11.3. The number of carbonyl (C=O) groups is 4. The molecule has 9 heteroatoms. The van der Waals surface area contributed by atoms with Gasteiger partial charge in [0, 0.05) is 13.0 Å². The van der Waals surface area contributed by atoms with Crippen LogP contribution in [-0.2, 0) is 25.5 Å². The second kappa shape index (κ2) is 16.5. The van der Waals surface area contributed by atoms with E-state index >= 15 is 0 Å². The van der Waals surface area contributed by atoms with Gasteiger partial charge in [0.1, 0.15) is 23.7 Å². The summed E-state index contributed by atoms with van der Waals surface area (Å²) in [6.45, 7) is 13.2. The van der Waals surface area contributed by atoms with Crippen LogP contribution in [-0.4, -0.2) is 54.1 Å². The van der Waals surface area contributed by atoms with Crippen LogP contribution in [0, 0.1) is 5.92 Å². The predicted molar refractivity (Wildman–Crippen MR) is 165 cm³/mol. The van der Waals surface area contributed by atoms with Gasteiger partial charge < -0.3 is 26.0 Å². The molecule has 4 amide bonds. The van der Waals surface area contributed by atoms with Gasteiger partial charge in [-0.3, -0.25) is 14.4 Å². The van der Waals surface area contributed by atoms with Gasteiger partial charge in [-0.2, -0.15) is 0 Å². The summed E-state index contributed by atoms with van der Waals surface area (Å²) >= 11 is 0. The van der Waals surface area contributed by atoms with Crippen LogP contribution >= 0.6 is 0 Å². The van der Waals surface area contributed by atoms with E-state index in [-0.39, 0.29) is 24.2 Å². The first-order valence-corrected chi connectivity index (χ1v) is 14.8. The topological polar surface area (TPSA) is 126 Å². The van der Waals surface area contributed by atoms with Gasteiger partial charge in [-0.25, -0.2) is 4.79 Å². The monoisotopic (exact) mass is 580 g/mol. The molecule has 0 aliphatic heterocycles. The molecule has 0 unspecified atom stereocenters.